The third-order valence-electron chi connectivity index (χ3n) is 6.61. The van der Waals surface area contributed by atoms with E-state index in [1.54, 1.807) is 26.2 Å². The zero-order chi connectivity index (χ0) is 28.6. The highest BCUT2D eigenvalue weighted by atomic mass is 35.5. The Labute approximate surface area is 239 Å². The van der Waals surface area contributed by atoms with Gasteiger partial charge in [0.15, 0.2) is 34.0 Å². The Bertz CT molecular complexity index is 1560. The van der Waals surface area contributed by atoms with Crippen molar-refractivity contribution in [2.45, 2.75) is 6.92 Å². The summed E-state index contributed by atoms with van der Waals surface area (Å²) in [6.45, 7) is 4.23. The summed E-state index contributed by atoms with van der Waals surface area (Å²) in [4.78, 5) is 17.6. The normalized spacial score (nSPS) is 13.5. The van der Waals surface area contributed by atoms with Crippen LogP contribution in [0.15, 0.2) is 30.3 Å². The number of hydrogen-bond acceptors (Lipinski definition) is 9. The Morgan fingerprint density at radius 2 is 1.48 bits per heavy atom. The number of rotatable bonds is 7. The topological polar surface area (TPSA) is 84.9 Å². The van der Waals surface area contributed by atoms with Gasteiger partial charge < -0.3 is 29.3 Å². The van der Waals surface area contributed by atoms with Crippen molar-refractivity contribution < 1.29 is 23.0 Å². The molecule has 0 bridgehead atoms. The summed E-state index contributed by atoms with van der Waals surface area (Å²) < 4.78 is 45.5. The number of fused-ring (bicyclic) bond motifs is 1. The second kappa shape index (κ2) is 11.3. The van der Waals surface area contributed by atoms with E-state index in [4.69, 9.17) is 37.4 Å². The Kier molecular flexibility index (Phi) is 7.86. The average molecular weight is 591 g/mol. The zero-order valence-corrected chi connectivity index (χ0v) is 23.7. The molecule has 0 spiro atoms. The van der Waals surface area contributed by atoms with Gasteiger partial charge in [-0.15, -0.1) is 0 Å². The van der Waals surface area contributed by atoms with Crippen LogP contribution in [0.5, 0.6) is 17.2 Å². The second-order valence-corrected chi connectivity index (χ2v) is 9.81. The molecule has 210 valence electrons. The number of nitrogens with zero attached hydrogens (tertiary/aromatic N) is 5. The van der Waals surface area contributed by atoms with E-state index in [2.05, 4.69) is 30.1 Å². The van der Waals surface area contributed by atoms with Crippen LogP contribution in [0.1, 0.15) is 5.69 Å². The minimum Gasteiger partial charge on any atom is -0.493 e. The highest BCUT2D eigenvalue weighted by molar-refractivity contribution is 6.33. The van der Waals surface area contributed by atoms with Crippen molar-refractivity contribution >= 4 is 57.2 Å². The standard InChI is InChI=1S/C27H26Cl2F2N6O3/c1-14-11-20(34-27(32-14)35-23-21(30)18(38-2)13-19(39-3)22(23)31)36-7-9-37(10-8-36)24-16-6-5-15(28)12-17(16)33-26(29)25(24)40-4/h5-6,11-13H,7-10H2,1-4H3,(H,32,34,35). The van der Waals surface area contributed by atoms with Gasteiger partial charge in [-0.25, -0.2) is 18.7 Å². The molecule has 1 aliphatic rings. The summed E-state index contributed by atoms with van der Waals surface area (Å²) in [7, 11) is 4.13. The quantitative estimate of drug-likeness (QED) is 0.260. The van der Waals surface area contributed by atoms with Gasteiger partial charge >= 0.3 is 0 Å². The smallest absolute Gasteiger partial charge is 0.229 e. The van der Waals surface area contributed by atoms with Crippen LogP contribution in [0.25, 0.3) is 10.9 Å². The van der Waals surface area contributed by atoms with E-state index >= 15 is 0 Å². The maximum Gasteiger partial charge on any atom is 0.229 e. The van der Waals surface area contributed by atoms with Crippen LogP contribution >= 0.6 is 23.2 Å². The van der Waals surface area contributed by atoms with Gasteiger partial charge in [-0.3, -0.25) is 0 Å². The highest BCUT2D eigenvalue weighted by Gasteiger charge is 2.26. The van der Waals surface area contributed by atoms with Gasteiger partial charge in [0, 0.05) is 54.4 Å². The number of aryl methyl sites for hydroxylation is 1. The van der Waals surface area contributed by atoms with Crippen molar-refractivity contribution in [1.29, 1.82) is 0 Å². The Balaban J connectivity index is 1.41. The molecule has 9 nitrogen and oxygen atoms in total. The maximum absolute atomic E-state index is 14.9. The van der Waals surface area contributed by atoms with E-state index < -0.39 is 17.3 Å². The molecule has 0 radical (unpaired) electrons. The molecule has 1 N–H and O–H groups in total. The summed E-state index contributed by atoms with van der Waals surface area (Å²) in [5, 5.41) is 4.37. The highest BCUT2D eigenvalue weighted by Crippen LogP contribution is 2.41. The molecule has 0 saturated carbocycles. The lowest BCUT2D eigenvalue weighted by atomic mass is 10.1. The average Bonchev–Trinajstić information content (AvgIpc) is 2.94. The molecule has 1 fully saturated rings. The van der Waals surface area contributed by atoms with Crippen molar-refractivity contribution in [3.8, 4) is 17.2 Å². The lowest BCUT2D eigenvalue weighted by molar-refractivity contribution is 0.360. The first kappa shape index (κ1) is 27.7. The summed E-state index contributed by atoms with van der Waals surface area (Å²) in [5.74, 6) is -1.04. The predicted octanol–water partition coefficient (Wildman–Crippen LogP) is 6.01. The Morgan fingerprint density at radius 3 is 2.10 bits per heavy atom. The molecule has 0 unspecified atom stereocenters. The first-order valence-corrected chi connectivity index (χ1v) is 13.0. The van der Waals surface area contributed by atoms with Crippen LogP contribution in [0.4, 0.5) is 31.9 Å². The van der Waals surface area contributed by atoms with Gasteiger partial charge in [-0.2, -0.15) is 4.98 Å². The third-order valence-corrected chi connectivity index (χ3v) is 7.10. The molecule has 4 aromatic rings. The number of piperazine rings is 1. The van der Waals surface area contributed by atoms with Gasteiger partial charge in [-0.05, 0) is 25.1 Å². The Hall–Kier alpha value is -3.83. The monoisotopic (exact) mass is 590 g/mol. The number of pyridine rings is 1. The molecule has 0 amide bonds. The summed E-state index contributed by atoms with van der Waals surface area (Å²) in [6, 6.07) is 8.44. The van der Waals surface area contributed by atoms with Gasteiger partial charge in [0.2, 0.25) is 5.95 Å². The predicted molar refractivity (Wildman–Crippen MR) is 152 cm³/mol. The van der Waals surface area contributed by atoms with E-state index in [0.29, 0.717) is 54.0 Å². The molecule has 2 aromatic carbocycles. The van der Waals surface area contributed by atoms with Crippen molar-refractivity contribution in [2.75, 3.05) is 62.6 Å². The molecule has 0 aliphatic carbocycles. The van der Waals surface area contributed by atoms with E-state index in [9.17, 15) is 8.78 Å². The second-order valence-electron chi connectivity index (χ2n) is 9.02. The first-order valence-electron chi connectivity index (χ1n) is 12.3. The van der Waals surface area contributed by atoms with Gasteiger partial charge in [0.25, 0.3) is 0 Å². The number of halogens is 4. The molecule has 0 atom stereocenters. The number of benzene rings is 2. The minimum atomic E-state index is -0.917. The number of nitrogens with one attached hydrogen (secondary N) is 1. The van der Waals surface area contributed by atoms with Crippen LogP contribution in [0, 0.1) is 18.6 Å². The molecular weight excluding hydrogens is 565 g/mol. The fourth-order valence-electron chi connectivity index (χ4n) is 4.71. The first-order chi connectivity index (χ1) is 19.2. The van der Waals surface area contributed by atoms with Crippen molar-refractivity contribution in [2.24, 2.45) is 0 Å². The fourth-order valence-corrected chi connectivity index (χ4v) is 5.13. The van der Waals surface area contributed by atoms with Crippen LogP contribution < -0.4 is 29.3 Å². The van der Waals surface area contributed by atoms with Crippen LogP contribution in [-0.4, -0.2) is 62.5 Å². The van der Waals surface area contributed by atoms with E-state index in [1.165, 1.54) is 14.2 Å². The molecular formula is C27H26Cl2F2N6O3. The molecule has 40 heavy (non-hydrogen) atoms. The molecule has 1 aliphatic heterocycles. The van der Waals surface area contributed by atoms with Crippen LogP contribution in [0.3, 0.4) is 0 Å². The fraction of sp³-hybridized carbons (Fsp3) is 0.296. The minimum absolute atomic E-state index is 0.0380. The lowest BCUT2D eigenvalue weighted by Gasteiger charge is -2.37. The van der Waals surface area contributed by atoms with E-state index in [-0.39, 0.29) is 22.6 Å². The largest absolute Gasteiger partial charge is 0.493 e. The maximum atomic E-state index is 14.9. The molecule has 13 heteroatoms. The van der Waals surface area contributed by atoms with Gasteiger partial charge in [0.1, 0.15) is 11.5 Å². The molecule has 3 heterocycles. The molecule has 5 rings (SSSR count). The SMILES string of the molecule is COc1cc(OC)c(F)c(Nc2nc(C)cc(N3CCN(c4c(OC)c(Cl)nc5cc(Cl)ccc45)CC3)n2)c1F. The van der Waals surface area contributed by atoms with Crippen LogP contribution in [0.2, 0.25) is 10.2 Å². The number of ether oxygens (including phenoxy) is 3. The number of aromatic nitrogens is 3. The summed E-state index contributed by atoms with van der Waals surface area (Å²) in [6.07, 6.45) is 0. The number of hydrogen-bond donors (Lipinski definition) is 1. The van der Waals surface area contributed by atoms with Crippen molar-refractivity contribution in [3.05, 3.63) is 57.8 Å². The van der Waals surface area contributed by atoms with Gasteiger partial charge in [-0.1, -0.05) is 23.2 Å². The third kappa shape index (κ3) is 5.18. The van der Waals surface area contributed by atoms with Crippen molar-refractivity contribution in [3.63, 3.8) is 0 Å². The van der Waals surface area contributed by atoms with E-state index in [1.807, 2.05) is 12.1 Å². The lowest BCUT2D eigenvalue weighted by Crippen LogP contribution is -2.47. The zero-order valence-electron chi connectivity index (χ0n) is 22.2. The summed E-state index contributed by atoms with van der Waals surface area (Å²) >= 11 is 12.6. The van der Waals surface area contributed by atoms with E-state index in [0.717, 1.165) is 17.1 Å². The van der Waals surface area contributed by atoms with Crippen molar-refractivity contribution in [1.82, 2.24) is 15.0 Å². The Morgan fingerprint density at radius 1 is 0.825 bits per heavy atom. The summed E-state index contributed by atoms with van der Waals surface area (Å²) in [5.41, 5.74) is 1.67. The number of methoxy groups -OCH3 is 3. The molecule has 1 saturated heterocycles. The number of anilines is 4. The van der Waals surface area contributed by atoms with Crippen LogP contribution in [-0.2, 0) is 0 Å². The molecule has 2 aromatic heterocycles. The van der Waals surface area contributed by atoms with Gasteiger partial charge in [0.05, 0.1) is 32.5 Å².